The van der Waals surface area contributed by atoms with Crippen molar-refractivity contribution in [2.75, 3.05) is 0 Å². The van der Waals surface area contributed by atoms with E-state index in [1.165, 1.54) is 38.5 Å². The number of rotatable bonds is 4. The number of hydrogen-bond donors (Lipinski definition) is 1. The van der Waals surface area contributed by atoms with Gasteiger partial charge >= 0.3 is 29.6 Å². The predicted molar refractivity (Wildman–Crippen MR) is 106 cm³/mol. The predicted octanol–water partition coefficient (Wildman–Crippen LogP) is 4.57. The molecule has 0 saturated heterocycles. The first-order valence-corrected chi connectivity index (χ1v) is 13.4. The van der Waals surface area contributed by atoms with Gasteiger partial charge in [0.2, 0.25) is 0 Å². The normalized spacial score (nSPS) is 30.6. The molecule has 4 nitrogen and oxygen atoms in total. The summed E-state index contributed by atoms with van der Waals surface area (Å²) in [5.74, 6) is 0. The van der Waals surface area contributed by atoms with Crippen molar-refractivity contribution >= 4 is 46.8 Å². The maximum absolute atomic E-state index is 14.5. The van der Waals surface area contributed by atoms with Crippen molar-refractivity contribution in [1.29, 1.82) is 0 Å². The van der Waals surface area contributed by atoms with E-state index in [0.717, 1.165) is 38.5 Å². The standard InChI is InChI=1S/C18H33O4PS.Na.H/c19-23(15-8-3-1-4-9-15,16-10-5-2-6-11-16)17-12-7-13-18(14-17)24(20,21)22;;/h15-18H,1-14H2,(H,20,21,22);;. The quantitative estimate of drug-likeness (QED) is 0.426. The second-order valence-electron chi connectivity index (χ2n) is 8.30. The molecule has 0 aliphatic heterocycles. The third-order valence-electron chi connectivity index (χ3n) is 6.88. The first-order valence-electron chi connectivity index (χ1n) is 9.97. The molecule has 0 spiro atoms. The summed E-state index contributed by atoms with van der Waals surface area (Å²) in [7, 11) is -6.43. The molecular formula is C18H34NaO4PS. The summed E-state index contributed by atoms with van der Waals surface area (Å²) in [4.78, 5) is 0. The van der Waals surface area contributed by atoms with Crippen LogP contribution in [0.1, 0.15) is 89.9 Å². The molecule has 0 heterocycles. The summed E-state index contributed by atoms with van der Waals surface area (Å²) < 4.78 is 47.4. The van der Waals surface area contributed by atoms with Gasteiger partial charge in [-0.25, -0.2) is 0 Å². The van der Waals surface area contributed by atoms with Crippen molar-refractivity contribution in [1.82, 2.24) is 0 Å². The molecule has 2 unspecified atom stereocenters. The van der Waals surface area contributed by atoms with E-state index in [9.17, 15) is 17.5 Å². The Labute approximate surface area is 175 Å². The molecule has 0 bridgehead atoms. The molecule has 3 aliphatic carbocycles. The topological polar surface area (TPSA) is 71.4 Å². The molecule has 0 aromatic heterocycles. The van der Waals surface area contributed by atoms with Gasteiger partial charge in [-0.2, -0.15) is 8.42 Å². The molecule has 3 fully saturated rings. The van der Waals surface area contributed by atoms with Crippen LogP contribution in [0.5, 0.6) is 0 Å². The fourth-order valence-electron chi connectivity index (χ4n) is 5.62. The Bertz CT molecular complexity index is 546. The third-order valence-corrected chi connectivity index (χ3v) is 13.1. The van der Waals surface area contributed by atoms with Crippen LogP contribution in [0, 0.1) is 0 Å². The first kappa shape index (κ1) is 22.4. The Morgan fingerprint density at radius 3 is 1.56 bits per heavy atom. The van der Waals surface area contributed by atoms with Crippen LogP contribution >= 0.6 is 7.14 Å². The van der Waals surface area contributed by atoms with Crippen molar-refractivity contribution in [3.05, 3.63) is 0 Å². The zero-order valence-corrected chi connectivity index (χ0v) is 16.4. The average molecular weight is 400 g/mol. The van der Waals surface area contributed by atoms with Crippen LogP contribution in [0.25, 0.3) is 0 Å². The summed E-state index contributed by atoms with van der Waals surface area (Å²) in [5.41, 5.74) is 0.670. The second kappa shape index (κ2) is 9.56. The van der Waals surface area contributed by atoms with Crippen LogP contribution in [0.2, 0.25) is 0 Å². The van der Waals surface area contributed by atoms with Gasteiger partial charge in [0, 0.05) is 17.0 Å². The second-order valence-corrected chi connectivity index (χ2v) is 13.7. The zero-order valence-electron chi connectivity index (χ0n) is 14.7. The molecule has 2 atom stereocenters. The molecule has 0 aromatic carbocycles. The first-order chi connectivity index (χ1) is 11.4. The van der Waals surface area contributed by atoms with Crippen molar-refractivity contribution in [3.8, 4) is 0 Å². The molecule has 25 heavy (non-hydrogen) atoms. The Balaban J connectivity index is 0.00000225. The van der Waals surface area contributed by atoms with Gasteiger partial charge in [-0.15, -0.1) is 0 Å². The van der Waals surface area contributed by atoms with E-state index in [0.29, 0.717) is 24.2 Å². The molecule has 0 radical (unpaired) electrons. The Morgan fingerprint density at radius 2 is 1.12 bits per heavy atom. The SMILES string of the molecule is O=P(C1CCCCC1)(C1CCCCC1)C1CCCC(S(=O)(=O)O)C1.[NaH]. The maximum atomic E-state index is 14.5. The van der Waals surface area contributed by atoms with E-state index in [1.54, 1.807) is 0 Å². The fourth-order valence-corrected chi connectivity index (χ4v) is 12.0. The van der Waals surface area contributed by atoms with Crippen LogP contribution in [0.3, 0.4) is 0 Å². The van der Waals surface area contributed by atoms with Crippen molar-refractivity contribution < 1.29 is 17.5 Å². The summed E-state index contributed by atoms with van der Waals surface area (Å²) in [6, 6.07) is 0. The summed E-state index contributed by atoms with van der Waals surface area (Å²) >= 11 is 0. The molecule has 142 valence electrons. The van der Waals surface area contributed by atoms with Gasteiger partial charge < -0.3 is 4.57 Å². The van der Waals surface area contributed by atoms with E-state index in [1.807, 2.05) is 0 Å². The number of hydrogen-bond acceptors (Lipinski definition) is 3. The Kier molecular flexibility index (Phi) is 8.58. The summed E-state index contributed by atoms with van der Waals surface area (Å²) in [5, 5.41) is -0.684. The molecule has 3 saturated carbocycles. The van der Waals surface area contributed by atoms with E-state index < -0.39 is 22.5 Å². The summed E-state index contributed by atoms with van der Waals surface area (Å²) in [6.45, 7) is 0. The Morgan fingerprint density at radius 1 is 0.680 bits per heavy atom. The molecular weight excluding hydrogens is 366 g/mol. The van der Waals surface area contributed by atoms with Gasteiger partial charge in [0.15, 0.2) is 0 Å². The van der Waals surface area contributed by atoms with Gasteiger partial charge in [-0.1, -0.05) is 44.9 Å². The average Bonchev–Trinajstić information content (AvgIpc) is 2.62. The van der Waals surface area contributed by atoms with Gasteiger partial charge in [-0.05, 0) is 44.9 Å². The Hall–Kier alpha value is 1.14. The molecule has 3 aliphatic rings. The molecule has 7 heteroatoms. The van der Waals surface area contributed by atoms with E-state index in [-0.39, 0.29) is 35.2 Å². The van der Waals surface area contributed by atoms with Crippen molar-refractivity contribution in [2.45, 2.75) is 112 Å². The minimum atomic E-state index is -4.00. The van der Waals surface area contributed by atoms with E-state index in [2.05, 4.69) is 0 Å². The summed E-state index contributed by atoms with van der Waals surface area (Å²) in [6.07, 6.45) is 14.1. The van der Waals surface area contributed by atoms with Crippen LogP contribution < -0.4 is 0 Å². The van der Waals surface area contributed by atoms with Gasteiger partial charge in [0.1, 0.15) is 0 Å². The molecule has 0 aromatic rings. The fraction of sp³-hybridized carbons (Fsp3) is 1.00. The van der Waals surface area contributed by atoms with Crippen molar-refractivity contribution in [3.63, 3.8) is 0 Å². The molecule has 1 N–H and O–H groups in total. The van der Waals surface area contributed by atoms with Crippen LogP contribution in [0.15, 0.2) is 0 Å². The van der Waals surface area contributed by atoms with E-state index >= 15 is 0 Å². The monoisotopic (exact) mass is 400 g/mol. The molecule has 0 amide bonds. The van der Waals surface area contributed by atoms with E-state index in [4.69, 9.17) is 0 Å². The minimum absolute atomic E-state index is 0. The van der Waals surface area contributed by atoms with Gasteiger partial charge in [-0.3, -0.25) is 4.55 Å². The van der Waals surface area contributed by atoms with Gasteiger partial charge in [0.25, 0.3) is 10.1 Å². The van der Waals surface area contributed by atoms with Crippen LogP contribution in [0.4, 0.5) is 0 Å². The van der Waals surface area contributed by atoms with Gasteiger partial charge in [0.05, 0.1) is 12.4 Å². The third kappa shape index (κ3) is 5.15. The molecule has 3 rings (SSSR count). The van der Waals surface area contributed by atoms with Crippen molar-refractivity contribution in [2.24, 2.45) is 0 Å². The van der Waals surface area contributed by atoms with Crippen LogP contribution in [-0.4, -0.2) is 64.8 Å². The zero-order chi connectivity index (χ0) is 17.2. The van der Waals surface area contributed by atoms with Crippen LogP contribution in [-0.2, 0) is 14.7 Å².